The molecule has 3 nitrogen and oxygen atoms in total. The Morgan fingerprint density at radius 3 is 2.68 bits per heavy atom. The summed E-state index contributed by atoms with van der Waals surface area (Å²) in [6.07, 6.45) is -2.46. The predicted molar refractivity (Wildman–Crippen MR) is 62.0 cm³/mol. The van der Waals surface area contributed by atoms with E-state index < -0.39 is 23.4 Å². The molecule has 6 heteroatoms. The minimum Gasteiger partial charge on any atom is -0.278 e. The van der Waals surface area contributed by atoms with E-state index in [4.69, 9.17) is 0 Å². The van der Waals surface area contributed by atoms with Gasteiger partial charge in [0.15, 0.2) is 0 Å². The maximum Gasteiger partial charge on any atom is 0.391 e. The van der Waals surface area contributed by atoms with Gasteiger partial charge in [-0.1, -0.05) is 12.5 Å². The first-order chi connectivity index (χ1) is 8.80. The predicted octanol–water partition coefficient (Wildman–Crippen LogP) is 2.67. The molecule has 2 atom stereocenters. The zero-order valence-electron chi connectivity index (χ0n) is 10.5. The third-order valence-corrected chi connectivity index (χ3v) is 4.11. The summed E-state index contributed by atoms with van der Waals surface area (Å²) >= 11 is 0. The number of imide groups is 1. The Morgan fingerprint density at radius 2 is 2.11 bits per heavy atom. The van der Waals surface area contributed by atoms with Crippen molar-refractivity contribution in [2.45, 2.75) is 38.3 Å². The van der Waals surface area contributed by atoms with Crippen molar-refractivity contribution >= 4 is 11.8 Å². The van der Waals surface area contributed by atoms with E-state index in [1.165, 1.54) is 6.08 Å². The number of alkyl halides is 3. The van der Waals surface area contributed by atoms with Crippen LogP contribution in [0, 0.1) is 11.3 Å². The third kappa shape index (κ3) is 2.40. The SMILES string of the molecule is C=CCN1C(=O)C[C@]2(CCC[C@H](C(F)(F)F)C2)C1=O. The van der Waals surface area contributed by atoms with Gasteiger partial charge in [0.25, 0.3) is 0 Å². The molecule has 1 aliphatic carbocycles. The van der Waals surface area contributed by atoms with Crippen molar-refractivity contribution in [3.05, 3.63) is 12.7 Å². The lowest BCUT2D eigenvalue weighted by molar-refractivity contribution is -0.192. The van der Waals surface area contributed by atoms with Crippen molar-refractivity contribution in [3.8, 4) is 0 Å². The summed E-state index contributed by atoms with van der Waals surface area (Å²) in [5, 5.41) is 0. The van der Waals surface area contributed by atoms with Crippen molar-refractivity contribution in [2.75, 3.05) is 6.54 Å². The number of carbonyl (C=O) groups excluding carboxylic acids is 2. The summed E-state index contributed by atoms with van der Waals surface area (Å²) < 4.78 is 38.5. The number of likely N-dealkylation sites (tertiary alicyclic amines) is 1. The molecule has 19 heavy (non-hydrogen) atoms. The lowest BCUT2D eigenvalue weighted by atomic mass is 9.68. The van der Waals surface area contributed by atoms with Crippen LogP contribution in [-0.2, 0) is 9.59 Å². The Morgan fingerprint density at radius 1 is 1.42 bits per heavy atom. The topological polar surface area (TPSA) is 37.4 Å². The van der Waals surface area contributed by atoms with Crippen LogP contribution >= 0.6 is 0 Å². The molecule has 2 rings (SSSR count). The van der Waals surface area contributed by atoms with E-state index in [-0.39, 0.29) is 31.7 Å². The number of hydrogen-bond donors (Lipinski definition) is 0. The average molecular weight is 275 g/mol. The van der Waals surface area contributed by atoms with Crippen LogP contribution < -0.4 is 0 Å². The molecule has 1 aliphatic heterocycles. The highest BCUT2D eigenvalue weighted by Gasteiger charge is 2.56. The Balaban J connectivity index is 2.22. The van der Waals surface area contributed by atoms with Gasteiger partial charge in [-0.3, -0.25) is 14.5 Å². The van der Waals surface area contributed by atoms with Gasteiger partial charge < -0.3 is 0 Å². The summed E-state index contributed by atoms with van der Waals surface area (Å²) in [6.45, 7) is 3.53. The molecular formula is C13H16F3NO2. The van der Waals surface area contributed by atoms with Crippen LogP contribution in [0.1, 0.15) is 32.1 Å². The first-order valence-corrected chi connectivity index (χ1v) is 6.32. The van der Waals surface area contributed by atoms with Crippen LogP contribution in [0.15, 0.2) is 12.7 Å². The monoisotopic (exact) mass is 275 g/mol. The van der Waals surface area contributed by atoms with E-state index in [2.05, 4.69) is 6.58 Å². The van der Waals surface area contributed by atoms with Crippen LogP contribution in [0.3, 0.4) is 0 Å². The second kappa shape index (κ2) is 4.65. The number of hydrogen-bond acceptors (Lipinski definition) is 2. The van der Waals surface area contributed by atoms with Gasteiger partial charge in [-0.2, -0.15) is 13.2 Å². The minimum atomic E-state index is -4.29. The Labute approximate surface area is 109 Å². The fraction of sp³-hybridized carbons (Fsp3) is 0.692. The highest BCUT2D eigenvalue weighted by Crippen LogP contribution is 2.51. The molecule has 0 aromatic rings. The summed E-state index contributed by atoms with van der Waals surface area (Å²) in [5.41, 5.74) is -1.13. The third-order valence-electron chi connectivity index (χ3n) is 4.11. The van der Waals surface area contributed by atoms with Crippen LogP contribution in [-0.4, -0.2) is 29.4 Å². The molecule has 0 aromatic heterocycles. The standard InChI is InChI=1S/C13H16F3NO2/c1-2-6-17-10(18)8-12(11(17)19)5-3-4-9(7-12)13(14,15)16/h2,9H,1,3-8H2/t9-,12+/m0/s1. The lowest BCUT2D eigenvalue weighted by Crippen LogP contribution is -2.41. The van der Waals surface area contributed by atoms with Crippen molar-refractivity contribution in [2.24, 2.45) is 11.3 Å². The van der Waals surface area contributed by atoms with Gasteiger partial charge in [0.1, 0.15) is 0 Å². The van der Waals surface area contributed by atoms with Crippen LogP contribution in [0.5, 0.6) is 0 Å². The fourth-order valence-corrected chi connectivity index (χ4v) is 3.17. The van der Waals surface area contributed by atoms with E-state index in [0.29, 0.717) is 12.8 Å². The minimum absolute atomic E-state index is 0.0498. The van der Waals surface area contributed by atoms with Gasteiger partial charge in [-0.05, 0) is 19.3 Å². The maximum absolute atomic E-state index is 12.8. The molecule has 1 saturated heterocycles. The summed E-state index contributed by atoms with van der Waals surface area (Å²) in [6, 6.07) is 0. The molecule has 1 spiro atoms. The summed E-state index contributed by atoms with van der Waals surface area (Å²) in [5.74, 6) is -2.30. The molecule has 106 valence electrons. The smallest absolute Gasteiger partial charge is 0.278 e. The molecule has 0 N–H and O–H groups in total. The van der Waals surface area contributed by atoms with E-state index >= 15 is 0 Å². The lowest BCUT2D eigenvalue weighted by Gasteiger charge is -2.36. The van der Waals surface area contributed by atoms with Gasteiger partial charge in [-0.15, -0.1) is 6.58 Å². The first-order valence-electron chi connectivity index (χ1n) is 6.32. The highest BCUT2D eigenvalue weighted by atomic mass is 19.4. The van der Waals surface area contributed by atoms with Crippen molar-refractivity contribution in [1.82, 2.24) is 4.90 Å². The number of carbonyl (C=O) groups is 2. The van der Waals surface area contributed by atoms with Gasteiger partial charge in [-0.25, -0.2) is 0 Å². The van der Waals surface area contributed by atoms with Crippen LogP contribution in [0.2, 0.25) is 0 Å². The van der Waals surface area contributed by atoms with Gasteiger partial charge in [0.05, 0.1) is 11.3 Å². The van der Waals surface area contributed by atoms with Crippen LogP contribution in [0.4, 0.5) is 13.2 Å². The number of amides is 2. The van der Waals surface area contributed by atoms with Gasteiger partial charge >= 0.3 is 6.18 Å². The fourth-order valence-electron chi connectivity index (χ4n) is 3.17. The highest BCUT2D eigenvalue weighted by molar-refractivity contribution is 6.06. The van der Waals surface area contributed by atoms with E-state index in [9.17, 15) is 22.8 Å². The maximum atomic E-state index is 12.8. The molecular weight excluding hydrogens is 259 g/mol. The molecule has 0 aromatic carbocycles. The van der Waals surface area contributed by atoms with Crippen molar-refractivity contribution < 1.29 is 22.8 Å². The normalized spacial score (nSPS) is 32.2. The van der Waals surface area contributed by atoms with E-state index in [1.807, 2.05) is 0 Å². The van der Waals surface area contributed by atoms with E-state index in [0.717, 1.165) is 4.90 Å². The van der Waals surface area contributed by atoms with Crippen molar-refractivity contribution in [3.63, 3.8) is 0 Å². The largest absolute Gasteiger partial charge is 0.391 e. The zero-order valence-corrected chi connectivity index (χ0v) is 10.5. The molecule has 1 heterocycles. The average Bonchev–Trinajstić information content (AvgIpc) is 2.53. The second-order valence-corrected chi connectivity index (χ2v) is 5.39. The van der Waals surface area contributed by atoms with Gasteiger partial charge in [0, 0.05) is 13.0 Å². The van der Waals surface area contributed by atoms with Crippen LogP contribution in [0.25, 0.3) is 0 Å². The number of rotatable bonds is 2. The zero-order chi connectivity index (χ0) is 14.3. The Kier molecular flexibility index (Phi) is 3.45. The summed E-state index contributed by atoms with van der Waals surface area (Å²) in [4.78, 5) is 25.1. The van der Waals surface area contributed by atoms with Gasteiger partial charge in [0.2, 0.25) is 11.8 Å². The number of halogens is 3. The first kappa shape index (κ1) is 14.1. The summed E-state index contributed by atoms with van der Waals surface area (Å²) in [7, 11) is 0. The molecule has 2 amide bonds. The molecule has 0 radical (unpaired) electrons. The van der Waals surface area contributed by atoms with Crippen molar-refractivity contribution in [1.29, 1.82) is 0 Å². The van der Waals surface area contributed by atoms with E-state index in [1.54, 1.807) is 0 Å². The second-order valence-electron chi connectivity index (χ2n) is 5.39. The molecule has 1 saturated carbocycles. The Hall–Kier alpha value is -1.33. The molecule has 0 unspecified atom stereocenters. The Bertz CT molecular complexity index is 419. The number of nitrogens with zero attached hydrogens (tertiary/aromatic N) is 1. The quantitative estimate of drug-likeness (QED) is 0.574. The molecule has 2 fully saturated rings. The molecule has 0 bridgehead atoms. The molecule has 2 aliphatic rings.